The van der Waals surface area contributed by atoms with Crippen LogP contribution in [0.3, 0.4) is 0 Å². The zero-order valence-corrected chi connectivity index (χ0v) is 22.2. The molecule has 1 unspecified atom stereocenters. The molecular formula is C27H31ClFN5O4. The van der Waals surface area contributed by atoms with Gasteiger partial charge in [0.15, 0.2) is 17.7 Å². The van der Waals surface area contributed by atoms with Crippen molar-refractivity contribution in [3.05, 3.63) is 47.5 Å². The zero-order chi connectivity index (χ0) is 25.6. The molecule has 1 amide bonds. The Labute approximate surface area is 226 Å². The normalized spacial score (nSPS) is 25.8. The summed E-state index contributed by atoms with van der Waals surface area (Å²) in [5, 5.41) is 6.47. The van der Waals surface area contributed by atoms with E-state index in [1.807, 2.05) is 12.1 Å². The van der Waals surface area contributed by atoms with E-state index in [0.29, 0.717) is 53.6 Å². The van der Waals surface area contributed by atoms with Crippen LogP contribution in [0.1, 0.15) is 50.3 Å². The molecule has 3 fully saturated rings. The molecule has 6 heterocycles. The third-order valence-electron chi connectivity index (χ3n) is 8.03. The van der Waals surface area contributed by atoms with Gasteiger partial charge in [-0.05, 0) is 63.6 Å². The van der Waals surface area contributed by atoms with Crippen LogP contribution in [0.5, 0.6) is 11.6 Å². The number of anilines is 1. The number of methoxy groups -OCH3 is 1. The van der Waals surface area contributed by atoms with Crippen molar-refractivity contribution in [3.63, 3.8) is 0 Å². The molecule has 4 aliphatic rings. The number of hydrogen-bond donors (Lipinski definition) is 2. The number of aryl methyl sites for hydroxylation is 1. The lowest BCUT2D eigenvalue weighted by molar-refractivity contribution is -0.165. The molecule has 202 valence electrons. The first kappa shape index (κ1) is 26.5. The number of nitrogens with one attached hydrogen (secondary N) is 2. The van der Waals surface area contributed by atoms with Crippen molar-refractivity contribution in [2.75, 3.05) is 19.0 Å². The van der Waals surface area contributed by atoms with E-state index in [-0.39, 0.29) is 35.3 Å². The maximum atomic E-state index is 14.8. The van der Waals surface area contributed by atoms with Crippen molar-refractivity contribution in [1.82, 2.24) is 20.3 Å². The lowest BCUT2D eigenvalue weighted by atomic mass is 9.69. The Morgan fingerprint density at radius 2 is 2.00 bits per heavy atom. The molecule has 0 aromatic carbocycles. The fourth-order valence-electron chi connectivity index (χ4n) is 5.61. The van der Waals surface area contributed by atoms with Gasteiger partial charge in [-0.2, -0.15) is 0 Å². The summed E-state index contributed by atoms with van der Waals surface area (Å²) in [7, 11) is 1.55. The molecule has 11 heteroatoms. The molecular weight excluding hydrogens is 513 g/mol. The first-order chi connectivity index (χ1) is 17.9. The van der Waals surface area contributed by atoms with Gasteiger partial charge in [0, 0.05) is 23.7 Å². The van der Waals surface area contributed by atoms with Gasteiger partial charge in [-0.3, -0.25) is 9.78 Å². The second-order valence-corrected chi connectivity index (χ2v) is 10.3. The van der Waals surface area contributed by atoms with E-state index >= 15 is 0 Å². The number of hydrogen-bond acceptors (Lipinski definition) is 8. The Kier molecular flexibility index (Phi) is 7.15. The average Bonchev–Trinajstić information content (AvgIpc) is 2.93. The summed E-state index contributed by atoms with van der Waals surface area (Å²) >= 11 is 0. The monoisotopic (exact) mass is 543 g/mol. The van der Waals surface area contributed by atoms with Crippen molar-refractivity contribution >= 4 is 35.2 Å². The average molecular weight is 544 g/mol. The fourth-order valence-corrected chi connectivity index (χ4v) is 5.61. The van der Waals surface area contributed by atoms with Crippen LogP contribution in [-0.2, 0) is 22.5 Å². The van der Waals surface area contributed by atoms with E-state index in [9.17, 15) is 9.18 Å². The molecule has 0 spiro atoms. The van der Waals surface area contributed by atoms with Crippen LogP contribution in [0.4, 0.5) is 10.2 Å². The SMILES string of the molecule is COc1ccc2ncc(F)c(CCC34CCC(NCc5ccc6c(n5)NC(=O)C(C)O6)(CC3)CO4)c2n1.Cl. The maximum absolute atomic E-state index is 14.8. The van der Waals surface area contributed by atoms with Gasteiger partial charge in [-0.1, -0.05) is 0 Å². The molecule has 3 aromatic heterocycles. The summed E-state index contributed by atoms with van der Waals surface area (Å²) < 4.78 is 32.1. The molecule has 1 atom stereocenters. The number of amides is 1. The number of halogens is 2. The summed E-state index contributed by atoms with van der Waals surface area (Å²) in [4.78, 5) is 25.1. The summed E-state index contributed by atoms with van der Waals surface area (Å²) in [6.45, 7) is 2.88. The predicted octanol–water partition coefficient (Wildman–Crippen LogP) is 4.12. The van der Waals surface area contributed by atoms with E-state index in [0.717, 1.165) is 37.8 Å². The smallest absolute Gasteiger partial charge is 0.266 e. The van der Waals surface area contributed by atoms with Crippen LogP contribution < -0.4 is 20.1 Å². The van der Waals surface area contributed by atoms with Gasteiger partial charge in [0.2, 0.25) is 5.88 Å². The number of pyridine rings is 3. The Hall–Kier alpha value is -3.08. The van der Waals surface area contributed by atoms with Crippen molar-refractivity contribution in [2.24, 2.45) is 0 Å². The van der Waals surface area contributed by atoms with Crippen molar-refractivity contribution in [1.29, 1.82) is 0 Å². The lowest BCUT2D eigenvalue weighted by Crippen LogP contribution is -2.61. The highest BCUT2D eigenvalue weighted by Crippen LogP contribution is 2.46. The minimum Gasteiger partial charge on any atom is -0.481 e. The van der Waals surface area contributed by atoms with Crippen LogP contribution in [0, 0.1) is 5.82 Å². The van der Waals surface area contributed by atoms with E-state index in [1.54, 1.807) is 26.2 Å². The minimum atomic E-state index is -0.521. The summed E-state index contributed by atoms with van der Waals surface area (Å²) in [6, 6.07) is 7.30. The first-order valence-electron chi connectivity index (χ1n) is 12.7. The zero-order valence-electron chi connectivity index (χ0n) is 21.4. The maximum Gasteiger partial charge on any atom is 0.266 e. The highest BCUT2D eigenvalue weighted by atomic mass is 35.5. The van der Waals surface area contributed by atoms with E-state index in [4.69, 9.17) is 14.2 Å². The minimum absolute atomic E-state index is 0. The lowest BCUT2D eigenvalue weighted by Gasteiger charge is -2.53. The molecule has 3 aliphatic heterocycles. The second-order valence-electron chi connectivity index (χ2n) is 10.3. The van der Waals surface area contributed by atoms with Crippen LogP contribution in [0.15, 0.2) is 30.5 Å². The van der Waals surface area contributed by atoms with Crippen LogP contribution in [0.2, 0.25) is 0 Å². The van der Waals surface area contributed by atoms with Crippen molar-refractivity contribution in [2.45, 2.75) is 69.2 Å². The topological polar surface area (TPSA) is 107 Å². The Morgan fingerprint density at radius 3 is 2.74 bits per heavy atom. The third-order valence-corrected chi connectivity index (χ3v) is 8.03. The molecule has 0 radical (unpaired) electrons. The number of carbonyl (C=O) groups excluding carboxylic acids is 1. The van der Waals surface area contributed by atoms with Crippen molar-refractivity contribution < 1.29 is 23.4 Å². The number of ether oxygens (including phenoxy) is 3. The van der Waals surface area contributed by atoms with Gasteiger partial charge in [0.1, 0.15) is 5.82 Å². The Balaban J connectivity index is 0.00000294. The van der Waals surface area contributed by atoms with E-state index in [2.05, 4.69) is 25.6 Å². The van der Waals surface area contributed by atoms with Crippen molar-refractivity contribution in [3.8, 4) is 11.6 Å². The molecule has 3 aromatic rings. The van der Waals surface area contributed by atoms with Crippen LogP contribution in [0.25, 0.3) is 11.0 Å². The molecule has 2 saturated heterocycles. The van der Waals surface area contributed by atoms with Crippen LogP contribution >= 0.6 is 12.4 Å². The van der Waals surface area contributed by atoms with Gasteiger partial charge in [-0.25, -0.2) is 14.4 Å². The quantitative estimate of drug-likeness (QED) is 0.458. The highest BCUT2D eigenvalue weighted by Gasteiger charge is 2.49. The molecule has 2 bridgehead atoms. The van der Waals surface area contributed by atoms with Gasteiger partial charge in [-0.15, -0.1) is 12.4 Å². The fraction of sp³-hybridized carbons (Fsp3) is 0.481. The number of aromatic nitrogens is 3. The largest absolute Gasteiger partial charge is 0.481 e. The molecule has 7 rings (SSSR count). The third kappa shape index (κ3) is 4.88. The second kappa shape index (κ2) is 10.2. The first-order valence-corrected chi connectivity index (χ1v) is 12.7. The van der Waals surface area contributed by atoms with Gasteiger partial charge in [0.05, 0.1) is 42.2 Å². The molecule has 38 heavy (non-hydrogen) atoms. The standard InChI is InChI=1S/C27H30FN5O4.ClH/c1-16-25(34)33-24-21(37-16)5-3-17(31-24)13-30-26-9-11-27(12-10-26,36-15-26)8-7-18-19(28)14-29-20-4-6-22(35-2)32-23(18)20;/h3-6,14,16,30H,7-13,15H2,1-2H3,(H,31,33,34);1H. The predicted molar refractivity (Wildman–Crippen MR) is 141 cm³/mol. The van der Waals surface area contributed by atoms with Gasteiger partial charge in [0.25, 0.3) is 5.91 Å². The summed E-state index contributed by atoms with van der Waals surface area (Å²) in [5.74, 6) is 0.957. The van der Waals surface area contributed by atoms with E-state index < -0.39 is 6.10 Å². The molecule has 1 saturated carbocycles. The Bertz CT molecular complexity index is 1350. The molecule has 9 nitrogen and oxygen atoms in total. The van der Waals surface area contributed by atoms with Crippen LogP contribution in [-0.4, -0.2) is 51.8 Å². The van der Waals surface area contributed by atoms with Gasteiger partial charge < -0.3 is 24.8 Å². The Morgan fingerprint density at radius 1 is 1.18 bits per heavy atom. The summed E-state index contributed by atoms with van der Waals surface area (Å²) in [6.07, 6.45) is 5.75. The van der Waals surface area contributed by atoms with E-state index in [1.165, 1.54) is 6.20 Å². The number of rotatable bonds is 7. The number of nitrogens with zero attached hydrogens (tertiary/aromatic N) is 3. The highest BCUT2D eigenvalue weighted by molar-refractivity contribution is 5.96. The molecule has 1 aliphatic carbocycles. The van der Waals surface area contributed by atoms with Gasteiger partial charge >= 0.3 is 0 Å². The molecule has 2 N–H and O–H groups in total. The number of carbonyl (C=O) groups is 1. The number of fused-ring (bicyclic) bond motifs is 5. The summed E-state index contributed by atoms with van der Waals surface area (Å²) in [5.41, 5.74) is 2.22.